The molecule has 0 saturated carbocycles. The van der Waals surface area contributed by atoms with Crippen LogP contribution in [0.15, 0.2) is 36.7 Å². The molecule has 1 aromatic carbocycles. The minimum Gasteiger partial charge on any atom is -0.493 e. The second-order valence-electron chi connectivity index (χ2n) is 4.80. The second kappa shape index (κ2) is 5.77. The molecule has 0 spiro atoms. The molecule has 1 atom stereocenters. The van der Waals surface area contributed by atoms with Gasteiger partial charge in [-0.1, -0.05) is 18.2 Å². The lowest BCUT2D eigenvalue weighted by Gasteiger charge is -2.25. The normalized spacial score (nSPS) is 17.1. The summed E-state index contributed by atoms with van der Waals surface area (Å²) < 4.78 is 5.57. The van der Waals surface area contributed by atoms with Gasteiger partial charge in [0.25, 0.3) is 0 Å². The van der Waals surface area contributed by atoms with E-state index in [0.717, 1.165) is 23.6 Å². The molecule has 1 aromatic heterocycles. The fourth-order valence-corrected chi connectivity index (χ4v) is 2.48. The summed E-state index contributed by atoms with van der Waals surface area (Å²) in [5.74, 6) is 1.66. The highest BCUT2D eigenvalue weighted by Gasteiger charge is 2.26. The van der Waals surface area contributed by atoms with Gasteiger partial charge in [0.2, 0.25) is 5.91 Å². The summed E-state index contributed by atoms with van der Waals surface area (Å²) in [7, 11) is 0. The van der Waals surface area contributed by atoms with Gasteiger partial charge in [-0.25, -0.2) is 4.98 Å². The van der Waals surface area contributed by atoms with E-state index in [0.29, 0.717) is 19.6 Å². The average Bonchev–Trinajstić information content (AvgIpc) is 3.00. The quantitative estimate of drug-likeness (QED) is 0.888. The van der Waals surface area contributed by atoms with Crippen LogP contribution in [0.4, 0.5) is 0 Å². The molecule has 1 amide bonds. The van der Waals surface area contributed by atoms with E-state index in [1.165, 1.54) is 0 Å². The van der Waals surface area contributed by atoms with Gasteiger partial charge in [-0.3, -0.25) is 4.79 Å². The average molecular weight is 271 g/mol. The number of imidazole rings is 1. The minimum atomic E-state index is -0.114. The van der Waals surface area contributed by atoms with E-state index in [1.54, 1.807) is 12.4 Å². The zero-order chi connectivity index (χ0) is 13.8. The Kier molecular flexibility index (Phi) is 3.67. The Morgan fingerprint density at radius 1 is 1.45 bits per heavy atom. The summed E-state index contributed by atoms with van der Waals surface area (Å²) in [6.07, 6.45) is 4.94. The number of hydrogen-bond acceptors (Lipinski definition) is 3. The topological polar surface area (TPSA) is 67.0 Å². The lowest BCUT2D eigenvalue weighted by molar-refractivity contribution is -0.123. The summed E-state index contributed by atoms with van der Waals surface area (Å²) in [6, 6.07) is 7.75. The molecule has 0 radical (unpaired) electrons. The van der Waals surface area contributed by atoms with Gasteiger partial charge in [0.05, 0.1) is 12.5 Å². The molecular formula is C15H17N3O2. The van der Waals surface area contributed by atoms with E-state index in [1.807, 2.05) is 24.3 Å². The van der Waals surface area contributed by atoms with Crippen molar-refractivity contribution in [1.29, 1.82) is 0 Å². The largest absolute Gasteiger partial charge is 0.493 e. The monoisotopic (exact) mass is 271 g/mol. The predicted molar refractivity (Wildman–Crippen MR) is 74.6 cm³/mol. The number of benzene rings is 1. The number of carbonyl (C=O) groups is 1. The van der Waals surface area contributed by atoms with Gasteiger partial charge in [0.1, 0.15) is 11.6 Å². The van der Waals surface area contributed by atoms with Crippen LogP contribution in [-0.2, 0) is 11.2 Å². The van der Waals surface area contributed by atoms with E-state index >= 15 is 0 Å². The minimum absolute atomic E-state index is 0.0623. The summed E-state index contributed by atoms with van der Waals surface area (Å²) >= 11 is 0. The SMILES string of the molecule is O=C(NCCc1ncc[nH]1)C1CCOc2ccccc21. The van der Waals surface area contributed by atoms with Gasteiger partial charge >= 0.3 is 0 Å². The number of aromatic nitrogens is 2. The molecule has 20 heavy (non-hydrogen) atoms. The Morgan fingerprint density at radius 3 is 3.20 bits per heavy atom. The van der Waals surface area contributed by atoms with Crippen molar-refractivity contribution in [2.75, 3.05) is 13.2 Å². The molecule has 1 unspecified atom stereocenters. The van der Waals surface area contributed by atoms with Crippen LogP contribution < -0.4 is 10.1 Å². The van der Waals surface area contributed by atoms with Gasteiger partial charge in [0.15, 0.2) is 0 Å². The Labute approximate surface area is 117 Å². The van der Waals surface area contributed by atoms with Crippen molar-refractivity contribution < 1.29 is 9.53 Å². The lowest BCUT2D eigenvalue weighted by atomic mass is 9.92. The first-order valence-corrected chi connectivity index (χ1v) is 6.82. The van der Waals surface area contributed by atoms with Crippen molar-refractivity contribution in [2.24, 2.45) is 0 Å². The lowest BCUT2D eigenvalue weighted by Crippen LogP contribution is -2.33. The fourth-order valence-electron chi connectivity index (χ4n) is 2.48. The number of aromatic amines is 1. The number of fused-ring (bicyclic) bond motifs is 1. The number of para-hydroxylation sites is 1. The third-order valence-electron chi connectivity index (χ3n) is 3.49. The van der Waals surface area contributed by atoms with Crippen molar-refractivity contribution in [3.63, 3.8) is 0 Å². The third kappa shape index (κ3) is 2.66. The molecule has 2 aromatic rings. The molecule has 1 aliphatic heterocycles. The molecule has 2 N–H and O–H groups in total. The zero-order valence-electron chi connectivity index (χ0n) is 11.1. The molecule has 0 saturated heterocycles. The number of rotatable bonds is 4. The number of H-pyrrole nitrogens is 1. The highest BCUT2D eigenvalue weighted by Crippen LogP contribution is 2.33. The summed E-state index contributed by atoms with van der Waals surface area (Å²) in [4.78, 5) is 19.5. The van der Waals surface area contributed by atoms with Crippen molar-refractivity contribution in [3.8, 4) is 5.75 Å². The summed E-state index contributed by atoms with van der Waals surface area (Å²) in [6.45, 7) is 1.18. The van der Waals surface area contributed by atoms with Crippen LogP contribution in [-0.4, -0.2) is 29.0 Å². The van der Waals surface area contributed by atoms with Crippen LogP contribution in [0.25, 0.3) is 0 Å². The van der Waals surface area contributed by atoms with Gasteiger partial charge in [-0.15, -0.1) is 0 Å². The number of ether oxygens (including phenoxy) is 1. The molecule has 2 heterocycles. The number of nitrogens with zero attached hydrogens (tertiary/aromatic N) is 1. The molecule has 104 valence electrons. The van der Waals surface area contributed by atoms with Crippen LogP contribution in [0.2, 0.25) is 0 Å². The Balaban J connectivity index is 1.60. The second-order valence-corrected chi connectivity index (χ2v) is 4.80. The summed E-state index contributed by atoms with van der Waals surface area (Å²) in [5, 5.41) is 2.98. The van der Waals surface area contributed by atoms with E-state index in [4.69, 9.17) is 4.74 Å². The van der Waals surface area contributed by atoms with Crippen LogP contribution in [0, 0.1) is 0 Å². The van der Waals surface area contributed by atoms with E-state index in [9.17, 15) is 4.79 Å². The first-order chi connectivity index (χ1) is 9.84. The smallest absolute Gasteiger partial charge is 0.227 e. The third-order valence-corrected chi connectivity index (χ3v) is 3.49. The molecule has 0 fully saturated rings. The van der Waals surface area contributed by atoms with E-state index < -0.39 is 0 Å². The maximum atomic E-state index is 12.3. The molecule has 1 aliphatic rings. The highest BCUT2D eigenvalue weighted by molar-refractivity contribution is 5.84. The van der Waals surface area contributed by atoms with Crippen LogP contribution in [0.5, 0.6) is 5.75 Å². The first-order valence-electron chi connectivity index (χ1n) is 6.82. The Hall–Kier alpha value is -2.30. The van der Waals surface area contributed by atoms with Crippen molar-refractivity contribution in [3.05, 3.63) is 48.0 Å². The van der Waals surface area contributed by atoms with Crippen molar-refractivity contribution >= 4 is 5.91 Å². The fraction of sp³-hybridized carbons (Fsp3) is 0.333. The molecule has 5 heteroatoms. The van der Waals surface area contributed by atoms with Crippen LogP contribution in [0.1, 0.15) is 23.7 Å². The van der Waals surface area contributed by atoms with Crippen LogP contribution in [0.3, 0.4) is 0 Å². The highest BCUT2D eigenvalue weighted by atomic mass is 16.5. The number of hydrogen-bond donors (Lipinski definition) is 2. The molecular weight excluding hydrogens is 254 g/mol. The molecule has 0 bridgehead atoms. The standard InChI is InChI=1S/C15H17N3O2/c19-15(18-7-5-14-16-8-9-17-14)12-6-10-20-13-4-2-1-3-11(12)13/h1-4,8-9,12H,5-7,10H2,(H,16,17)(H,18,19). The molecule has 5 nitrogen and oxygen atoms in total. The van der Waals surface area contributed by atoms with Gasteiger partial charge < -0.3 is 15.0 Å². The van der Waals surface area contributed by atoms with E-state index in [2.05, 4.69) is 15.3 Å². The van der Waals surface area contributed by atoms with E-state index in [-0.39, 0.29) is 11.8 Å². The molecule has 3 rings (SSSR count). The van der Waals surface area contributed by atoms with Gasteiger partial charge in [0, 0.05) is 30.9 Å². The number of nitrogens with one attached hydrogen (secondary N) is 2. The van der Waals surface area contributed by atoms with Crippen LogP contribution >= 0.6 is 0 Å². The zero-order valence-corrected chi connectivity index (χ0v) is 11.1. The predicted octanol–water partition coefficient (Wildman–Crippen LogP) is 1.63. The Bertz CT molecular complexity index is 581. The number of amides is 1. The Morgan fingerprint density at radius 2 is 2.35 bits per heavy atom. The van der Waals surface area contributed by atoms with Gasteiger partial charge in [-0.2, -0.15) is 0 Å². The molecule has 0 aliphatic carbocycles. The first kappa shape index (κ1) is 12.7. The number of carbonyl (C=O) groups excluding carboxylic acids is 1. The van der Waals surface area contributed by atoms with Crippen molar-refractivity contribution in [2.45, 2.75) is 18.8 Å². The van der Waals surface area contributed by atoms with Gasteiger partial charge in [-0.05, 0) is 12.5 Å². The maximum Gasteiger partial charge on any atom is 0.227 e. The summed E-state index contributed by atoms with van der Waals surface area (Å²) in [5.41, 5.74) is 0.981. The maximum absolute atomic E-state index is 12.3. The van der Waals surface area contributed by atoms with Crippen molar-refractivity contribution in [1.82, 2.24) is 15.3 Å².